The zero-order valence-corrected chi connectivity index (χ0v) is 19.6. The number of aliphatic carboxylic acids is 2. The van der Waals surface area contributed by atoms with Gasteiger partial charge in [-0.2, -0.15) is 0 Å². The van der Waals surface area contributed by atoms with Crippen LogP contribution in [0.25, 0.3) is 0 Å². The highest BCUT2D eigenvalue weighted by molar-refractivity contribution is 5.70. The average Bonchev–Trinajstić information content (AvgIpc) is 2.75. The van der Waals surface area contributed by atoms with Crippen molar-refractivity contribution in [1.82, 2.24) is 10.2 Å². The van der Waals surface area contributed by atoms with Gasteiger partial charge in [-0.3, -0.25) is 19.8 Å². The van der Waals surface area contributed by atoms with E-state index >= 15 is 0 Å². The molecule has 0 aromatic heterocycles. The Bertz CT molecular complexity index is 598. The van der Waals surface area contributed by atoms with E-state index < -0.39 is 11.9 Å². The number of carboxylic acid groups (broad SMARTS) is 2. The quantitative estimate of drug-likeness (QED) is 0.434. The molecule has 31 heavy (non-hydrogen) atoms. The third-order valence-electron chi connectivity index (χ3n) is 8.53. The Morgan fingerprint density at radius 1 is 0.935 bits per heavy atom. The molecule has 6 heteroatoms. The lowest BCUT2D eigenvalue weighted by atomic mass is 9.59. The van der Waals surface area contributed by atoms with Crippen molar-refractivity contribution in [3.05, 3.63) is 0 Å². The maximum absolute atomic E-state index is 12.1. The van der Waals surface area contributed by atoms with Crippen molar-refractivity contribution in [1.29, 1.82) is 0 Å². The van der Waals surface area contributed by atoms with Crippen molar-refractivity contribution in [2.24, 2.45) is 29.6 Å². The van der Waals surface area contributed by atoms with E-state index in [2.05, 4.69) is 12.2 Å². The van der Waals surface area contributed by atoms with E-state index in [-0.39, 0.29) is 24.5 Å². The van der Waals surface area contributed by atoms with Crippen LogP contribution in [0.4, 0.5) is 0 Å². The van der Waals surface area contributed by atoms with Crippen LogP contribution in [0.15, 0.2) is 0 Å². The SMILES string of the molecule is CCCCCCC1CCC2NC(N(C)CC(=O)O)CC(C3CCCCC3C(=O)O)C2C1. The molecule has 0 spiro atoms. The van der Waals surface area contributed by atoms with Crippen LogP contribution in [0, 0.1) is 29.6 Å². The van der Waals surface area contributed by atoms with Gasteiger partial charge in [-0.15, -0.1) is 0 Å². The number of unbranched alkanes of at least 4 members (excludes halogenated alkanes) is 3. The second kappa shape index (κ2) is 11.6. The van der Waals surface area contributed by atoms with Crippen LogP contribution >= 0.6 is 0 Å². The van der Waals surface area contributed by atoms with Gasteiger partial charge in [-0.25, -0.2) is 0 Å². The molecule has 1 aliphatic heterocycles. The maximum Gasteiger partial charge on any atom is 0.317 e. The van der Waals surface area contributed by atoms with Crippen LogP contribution in [0.3, 0.4) is 0 Å². The molecular formula is C25H44N2O4. The maximum atomic E-state index is 12.1. The standard InChI is InChI=1S/C25H44N2O4/c1-3-4-5-6-9-17-12-13-22-21(14-17)20(15-23(26-22)27(2)16-24(28)29)18-10-7-8-11-19(18)25(30)31/h17-23,26H,3-16H2,1-2H3,(H,28,29)(H,30,31). The molecule has 0 aromatic carbocycles. The van der Waals surface area contributed by atoms with Crippen molar-refractivity contribution in [3.63, 3.8) is 0 Å². The number of hydrogen-bond acceptors (Lipinski definition) is 4. The molecule has 3 rings (SSSR count). The molecule has 0 amide bonds. The number of rotatable bonds is 10. The van der Waals surface area contributed by atoms with Crippen LogP contribution in [-0.4, -0.2) is 52.9 Å². The Kier molecular flexibility index (Phi) is 9.20. The van der Waals surface area contributed by atoms with Crippen LogP contribution in [-0.2, 0) is 9.59 Å². The first-order valence-electron chi connectivity index (χ1n) is 12.8. The molecule has 0 bridgehead atoms. The highest BCUT2D eigenvalue weighted by Crippen LogP contribution is 2.48. The third-order valence-corrected chi connectivity index (χ3v) is 8.53. The van der Waals surface area contributed by atoms with Gasteiger partial charge in [0.25, 0.3) is 0 Å². The van der Waals surface area contributed by atoms with Gasteiger partial charge in [0.1, 0.15) is 0 Å². The van der Waals surface area contributed by atoms with Gasteiger partial charge < -0.3 is 10.2 Å². The van der Waals surface area contributed by atoms with Crippen molar-refractivity contribution >= 4 is 11.9 Å². The lowest BCUT2D eigenvalue weighted by molar-refractivity contribution is -0.147. The lowest BCUT2D eigenvalue weighted by Gasteiger charge is -2.53. The van der Waals surface area contributed by atoms with Gasteiger partial charge in [-0.05, 0) is 69.2 Å². The predicted octanol–water partition coefficient (Wildman–Crippen LogP) is 4.58. The summed E-state index contributed by atoms with van der Waals surface area (Å²) in [5, 5.41) is 23.0. The predicted molar refractivity (Wildman–Crippen MR) is 122 cm³/mol. The van der Waals surface area contributed by atoms with E-state index in [1.54, 1.807) is 0 Å². The minimum Gasteiger partial charge on any atom is -0.481 e. The molecule has 7 unspecified atom stereocenters. The van der Waals surface area contributed by atoms with E-state index in [9.17, 15) is 19.8 Å². The molecule has 3 fully saturated rings. The largest absolute Gasteiger partial charge is 0.481 e. The fraction of sp³-hybridized carbons (Fsp3) is 0.920. The molecule has 3 N–H and O–H groups in total. The fourth-order valence-corrected chi connectivity index (χ4v) is 6.95. The molecule has 2 saturated carbocycles. The van der Waals surface area contributed by atoms with Crippen molar-refractivity contribution in [2.75, 3.05) is 13.6 Å². The first-order valence-corrected chi connectivity index (χ1v) is 12.8. The average molecular weight is 437 g/mol. The summed E-state index contributed by atoms with van der Waals surface area (Å²) >= 11 is 0. The van der Waals surface area contributed by atoms with Gasteiger partial charge in [0.15, 0.2) is 0 Å². The molecular weight excluding hydrogens is 392 g/mol. The molecule has 0 aromatic rings. The highest BCUT2D eigenvalue weighted by atomic mass is 16.4. The van der Waals surface area contributed by atoms with Crippen molar-refractivity contribution in [3.8, 4) is 0 Å². The summed E-state index contributed by atoms with van der Waals surface area (Å²) in [5.41, 5.74) is 0. The van der Waals surface area contributed by atoms with Gasteiger partial charge in [0, 0.05) is 6.04 Å². The van der Waals surface area contributed by atoms with E-state index in [0.29, 0.717) is 17.9 Å². The molecule has 7 atom stereocenters. The zero-order chi connectivity index (χ0) is 22.4. The van der Waals surface area contributed by atoms with Crippen molar-refractivity contribution in [2.45, 2.75) is 103 Å². The van der Waals surface area contributed by atoms with E-state index in [1.807, 2.05) is 11.9 Å². The van der Waals surface area contributed by atoms with E-state index in [0.717, 1.165) is 44.4 Å². The number of piperidine rings is 1. The van der Waals surface area contributed by atoms with Crippen molar-refractivity contribution < 1.29 is 19.8 Å². The number of carbonyl (C=O) groups is 2. The van der Waals surface area contributed by atoms with Gasteiger partial charge in [0.05, 0.1) is 18.6 Å². The number of hydrogen-bond donors (Lipinski definition) is 3. The van der Waals surface area contributed by atoms with E-state index in [1.165, 1.54) is 44.9 Å². The summed E-state index contributed by atoms with van der Waals surface area (Å²) in [7, 11) is 1.89. The van der Waals surface area contributed by atoms with Gasteiger partial charge >= 0.3 is 11.9 Å². The van der Waals surface area contributed by atoms with Gasteiger partial charge in [-0.1, -0.05) is 51.9 Å². The minimum absolute atomic E-state index is 0.0227. The summed E-state index contributed by atoms with van der Waals surface area (Å²) in [6.07, 6.45) is 15.0. The van der Waals surface area contributed by atoms with Gasteiger partial charge in [0.2, 0.25) is 0 Å². The number of likely N-dealkylation sites (N-methyl/N-ethyl adjacent to an activating group) is 1. The Morgan fingerprint density at radius 2 is 1.71 bits per heavy atom. The number of carboxylic acids is 2. The summed E-state index contributed by atoms with van der Waals surface area (Å²) < 4.78 is 0. The Hall–Kier alpha value is -1.14. The smallest absolute Gasteiger partial charge is 0.317 e. The number of fused-ring (bicyclic) bond motifs is 1. The molecule has 3 aliphatic rings. The van der Waals surface area contributed by atoms with Crippen LogP contribution < -0.4 is 5.32 Å². The summed E-state index contributed by atoms with van der Waals surface area (Å²) in [6, 6.07) is 0.392. The third kappa shape index (κ3) is 6.44. The minimum atomic E-state index is -0.806. The zero-order valence-electron chi connectivity index (χ0n) is 19.6. The molecule has 1 heterocycles. The highest BCUT2D eigenvalue weighted by Gasteiger charge is 2.48. The summed E-state index contributed by atoms with van der Waals surface area (Å²) in [5.74, 6) is 0.259. The monoisotopic (exact) mass is 436 g/mol. The normalized spacial score (nSPS) is 36.2. The fourth-order valence-electron chi connectivity index (χ4n) is 6.95. The molecule has 6 nitrogen and oxygen atoms in total. The Labute approximate surface area is 188 Å². The molecule has 2 aliphatic carbocycles. The molecule has 1 saturated heterocycles. The topological polar surface area (TPSA) is 89.9 Å². The first-order chi connectivity index (χ1) is 14.9. The van der Waals surface area contributed by atoms with Crippen LogP contribution in [0.2, 0.25) is 0 Å². The molecule has 0 radical (unpaired) electrons. The summed E-state index contributed by atoms with van der Waals surface area (Å²) in [4.78, 5) is 25.3. The second-order valence-electron chi connectivity index (χ2n) is 10.6. The summed E-state index contributed by atoms with van der Waals surface area (Å²) in [6.45, 7) is 2.28. The number of nitrogens with zero attached hydrogens (tertiary/aromatic N) is 1. The van der Waals surface area contributed by atoms with Crippen LogP contribution in [0.1, 0.15) is 90.4 Å². The lowest BCUT2D eigenvalue weighted by Crippen LogP contribution is -2.61. The molecule has 178 valence electrons. The second-order valence-corrected chi connectivity index (χ2v) is 10.6. The Balaban J connectivity index is 1.74. The Morgan fingerprint density at radius 3 is 2.42 bits per heavy atom. The van der Waals surface area contributed by atoms with E-state index in [4.69, 9.17) is 0 Å². The first kappa shape index (κ1) is 24.5. The number of nitrogens with one attached hydrogen (secondary N) is 1. The van der Waals surface area contributed by atoms with Crippen LogP contribution in [0.5, 0.6) is 0 Å².